The fraction of sp³-hybridized carbons (Fsp3) is 0.294. The maximum Gasteiger partial charge on any atom is 0.145 e. The molecule has 0 aliphatic rings. The minimum absolute atomic E-state index is 0.805. The molecule has 114 valence electrons. The van der Waals surface area contributed by atoms with Crippen molar-refractivity contribution in [1.29, 1.82) is 0 Å². The number of para-hydroxylation sites is 1. The summed E-state index contributed by atoms with van der Waals surface area (Å²) >= 11 is 1.71. The van der Waals surface area contributed by atoms with Crippen LogP contribution in [0.1, 0.15) is 16.4 Å². The van der Waals surface area contributed by atoms with Crippen LogP contribution < -0.4 is 10.1 Å². The highest BCUT2D eigenvalue weighted by molar-refractivity contribution is 7.09. The topological polar surface area (TPSA) is 47.0 Å². The Morgan fingerprint density at radius 3 is 2.77 bits per heavy atom. The number of hydrogen-bond donors (Lipinski definition) is 1. The molecule has 22 heavy (non-hydrogen) atoms. The fourth-order valence-electron chi connectivity index (χ4n) is 2.48. The summed E-state index contributed by atoms with van der Waals surface area (Å²) in [6.45, 7) is 4.88. The minimum Gasteiger partial charge on any atom is -0.494 e. The molecular weight excluding hydrogens is 294 g/mol. The summed E-state index contributed by atoms with van der Waals surface area (Å²) in [5.41, 5.74) is 4.06. The molecule has 2 heterocycles. The maximum atomic E-state index is 5.42. The molecule has 0 amide bonds. The van der Waals surface area contributed by atoms with E-state index in [-0.39, 0.29) is 0 Å². The molecule has 1 N–H and O–H groups in total. The number of benzene rings is 1. The van der Waals surface area contributed by atoms with E-state index in [4.69, 9.17) is 4.74 Å². The highest BCUT2D eigenvalue weighted by Crippen LogP contribution is 2.29. The quantitative estimate of drug-likeness (QED) is 0.774. The average molecular weight is 313 g/mol. The molecule has 0 saturated carbocycles. The summed E-state index contributed by atoms with van der Waals surface area (Å²) in [7, 11) is 1.68. The van der Waals surface area contributed by atoms with Crippen molar-refractivity contribution in [2.24, 2.45) is 0 Å². The Morgan fingerprint density at radius 2 is 2.05 bits per heavy atom. The Bertz CT molecular complexity index is 798. The average Bonchev–Trinajstić information content (AvgIpc) is 2.92. The van der Waals surface area contributed by atoms with Gasteiger partial charge in [0.15, 0.2) is 0 Å². The van der Waals surface area contributed by atoms with Gasteiger partial charge in [-0.1, -0.05) is 12.1 Å². The maximum absolute atomic E-state index is 5.42. The fourth-order valence-corrected chi connectivity index (χ4v) is 3.26. The largest absolute Gasteiger partial charge is 0.494 e. The van der Waals surface area contributed by atoms with E-state index in [0.717, 1.165) is 51.7 Å². The first-order valence-corrected chi connectivity index (χ1v) is 8.14. The standard InChI is InChI=1S/C17H19N3OS/c1-11-9-14(18-8-7-16-19-12(2)10-22-16)13-5-4-6-15(21-3)17(13)20-11/h4-6,9-10H,7-8H2,1-3H3,(H,18,20). The van der Waals surface area contributed by atoms with Gasteiger partial charge in [0.1, 0.15) is 11.3 Å². The van der Waals surface area contributed by atoms with Crippen molar-refractivity contribution in [1.82, 2.24) is 9.97 Å². The zero-order valence-corrected chi connectivity index (χ0v) is 13.8. The predicted molar refractivity (Wildman–Crippen MR) is 92.1 cm³/mol. The molecule has 0 bridgehead atoms. The molecule has 3 aromatic rings. The molecule has 3 rings (SSSR count). The number of pyridine rings is 1. The van der Waals surface area contributed by atoms with Crippen molar-refractivity contribution < 1.29 is 4.74 Å². The molecule has 5 heteroatoms. The van der Waals surface area contributed by atoms with E-state index in [0.29, 0.717) is 0 Å². The number of thiazole rings is 1. The molecule has 0 atom stereocenters. The summed E-state index contributed by atoms with van der Waals surface area (Å²) in [5.74, 6) is 0.805. The second-order valence-electron chi connectivity index (χ2n) is 5.23. The van der Waals surface area contributed by atoms with Crippen LogP contribution in [0.3, 0.4) is 0 Å². The van der Waals surface area contributed by atoms with E-state index in [1.54, 1.807) is 18.4 Å². The van der Waals surface area contributed by atoms with Crippen LogP contribution in [0.25, 0.3) is 10.9 Å². The Morgan fingerprint density at radius 1 is 1.18 bits per heavy atom. The molecule has 0 aliphatic heterocycles. The molecule has 4 nitrogen and oxygen atoms in total. The van der Waals surface area contributed by atoms with Gasteiger partial charge in [-0.15, -0.1) is 11.3 Å². The summed E-state index contributed by atoms with van der Waals surface area (Å²) in [6.07, 6.45) is 0.922. The first-order valence-electron chi connectivity index (χ1n) is 7.26. The van der Waals surface area contributed by atoms with Gasteiger partial charge in [-0.25, -0.2) is 9.97 Å². The number of fused-ring (bicyclic) bond motifs is 1. The lowest BCUT2D eigenvalue weighted by atomic mass is 10.1. The van der Waals surface area contributed by atoms with Crippen LogP contribution in [0.5, 0.6) is 5.75 Å². The zero-order chi connectivity index (χ0) is 15.5. The van der Waals surface area contributed by atoms with Gasteiger partial charge in [0, 0.05) is 40.8 Å². The molecule has 0 spiro atoms. The van der Waals surface area contributed by atoms with Gasteiger partial charge in [-0.2, -0.15) is 0 Å². The van der Waals surface area contributed by atoms with Crippen LogP contribution in [0, 0.1) is 13.8 Å². The van der Waals surface area contributed by atoms with Crippen molar-refractivity contribution in [2.45, 2.75) is 20.3 Å². The first kappa shape index (κ1) is 14.8. The highest BCUT2D eigenvalue weighted by atomic mass is 32.1. The lowest BCUT2D eigenvalue weighted by Crippen LogP contribution is -2.06. The van der Waals surface area contributed by atoms with Crippen LogP contribution in [-0.4, -0.2) is 23.6 Å². The van der Waals surface area contributed by atoms with Crippen LogP contribution in [0.15, 0.2) is 29.6 Å². The highest BCUT2D eigenvalue weighted by Gasteiger charge is 2.08. The van der Waals surface area contributed by atoms with E-state index in [1.165, 1.54) is 0 Å². The van der Waals surface area contributed by atoms with Crippen LogP contribution in [0.4, 0.5) is 5.69 Å². The van der Waals surface area contributed by atoms with Gasteiger partial charge in [0.05, 0.1) is 12.1 Å². The monoisotopic (exact) mass is 313 g/mol. The lowest BCUT2D eigenvalue weighted by Gasteiger charge is -2.12. The van der Waals surface area contributed by atoms with E-state index in [2.05, 4.69) is 32.8 Å². The SMILES string of the molecule is COc1cccc2c(NCCc3nc(C)cs3)cc(C)nc12. The number of methoxy groups -OCH3 is 1. The third-order valence-corrected chi connectivity index (χ3v) is 4.50. The third-order valence-electron chi connectivity index (χ3n) is 3.47. The van der Waals surface area contributed by atoms with Crippen molar-refractivity contribution in [3.05, 3.63) is 46.0 Å². The Balaban J connectivity index is 1.83. The molecule has 0 radical (unpaired) electrons. The van der Waals surface area contributed by atoms with Gasteiger partial charge < -0.3 is 10.1 Å². The van der Waals surface area contributed by atoms with Crippen molar-refractivity contribution in [3.63, 3.8) is 0 Å². The van der Waals surface area contributed by atoms with Gasteiger partial charge in [0.2, 0.25) is 0 Å². The molecular formula is C17H19N3OS. The van der Waals surface area contributed by atoms with Crippen molar-refractivity contribution in [3.8, 4) is 5.75 Å². The second-order valence-corrected chi connectivity index (χ2v) is 6.17. The summed E-state index contributed by atoms with van der Waals surface area (Å²) < 4.78 is 5.42. The van der Waals surface area contributed by atoms with E-state index in [9.17, 15) is 0 Å². The Hall–Kier alpha value is -2.14. The molecule has 2 aromatic heterocycles. The molecule has 0 unspecified atom stereocenters. The van der Waals surface area contributed by atoms with Crippen LogP contribution >= 0.6 is 11.3 Å². The third kappa shape index (κ3) is 3.04. The number of aryl methyl sites for hydroxylation is 2. The normalized spacial score (nSPS) is 10.9. The van der Waals surface area contributed by atoms with E-state index in [1.807, 2.05) is 26.0 Å². The molecule has 1 aromatic carbocycles. The summed E-state index contributed by atoms with van der Waals surface area (Å²) in [4.78, 5) is 9.10. The number of rotatable bonds is 5. The minimum atomic E-state index is 0.805. The smallest absolute Gasteiger partial charge is 0.145 e. The van der Waals surface area contributed by atoms with Crippen molar-refractivity contribution in [2.75, 3.05) is 19.0 Å². The van der Waals surface area contributed by atoms with Crippen molar-refractivity contribution >= 4 is 27.9 Å². The Labute approximate surface area is 134 Å². The van der Waals surface area contributed by atoms with Crippen LogP contribution in [0.2, 0.25) is 0 Å². The number of hydrogen-bond acceptors (Lipinski definition) is 5. The number of nitrogens with one attached hydrogen (secondary N) is 1. The van der Waals surface area contributed by atoms with E-state index < -0.39 is 0 Å². The lowest BCUT2D eigenvalue weighted by molar-refractivity contribution is 0.419. The first-order chi connectivity index (χ1) is 10.7. The number of aromatic nitrogens is 2. The van der Waals surface area contributed by atoms with Gasteiger partial charge in [-0.05, 0) is 26.0 Å². The number of nitrogens with zero attached hydrogens (tertiary/aromatic N) is 2. The molecule has 0 fully saturated rings. The second kappa shape index (κ2) is 6.32. The predicted octanol–water partition coefficient (Wildman–Crippen LogP) is 3.97. The zero-order valence-electron chi connectivity index (χ0n) is 13.0. The van der Waals surface area contributed by atoms with Gasteiger partial charge >= 0.3 is 0 Å². The number of anilines is 1. The molecule has 0 aliphatic carbocycles. The Kier molecular flexibility index (Phi) is 4.24. The summed E-state index contributed by atoms with van der Waals surface area (Å²) in [5, 5.41) is 7.85. The number of ether oxygens (including phenoxy) is 1. The van der Waals surface area contributed by atoms with Gasteiger partial charge in [0.25, 0.3) is 0 Å². The summed E-state index contributed by atoms with van der Waals surface area (Å²) in [6, 6.07) is 8.08. The van der Waals surface area contributed by atoms with Gasteiger partial charge in [-0.3, -0.25) is 0 Å². The van der Waals surface area contributed by atoms with Crippen LogP contribution in [-0.2, 0) is 6.42 Å². The van der Waals surface area contributed by atoms with E-state index >= 15 is 0 Å². The molecule has 0 saturated heterocycles.